The first kappa shape index (κ1) is 30.6. The van der Waals surface area contributed by atoms with Crippen LogP contribution in [0.25, 0.3) is 0 Å². The van der Waals surface area contributed by atoms with Gasteiger partial charge in [-0.05, 0) is 48.5 Å². The Morgan fingerprint density at radius 1 is 0.953 bits per heavy atom. The molecule has 0 aromatic heterocycles. The molecule has 4 fully saturated rings. The lowest BCUT2D eigenvalue weighted by molar-refractivity contribution is -0.385. The lowest BCUT2D eigenvalue weighted by Crippen LogP contribution is -2.83. The second-order valence-corrected chi connectivity index (χ2v) is 13.7. The molecule has 2 saturated heterocycles. The number of benzene rings is 2. The molecule has 4 aliphatic rings. The number of esters is 3. The van der Waals surface area contributed by atoms with Crippen LogP contribution in [0.2, 0.25) is 0 Å². The maximum Gasteiger partial charge on any atom is 0.338 e. The van der Waals surface area contributed by atoms with Crippen LogP contribution in [-0.2, 0) is 28.5 Å². The van der Waals surface area contributed by atoms with E-state index in [0.29, 0.717) is 4.47 Å². The summed E-state index contributed by atoms with van der Waals surface area (Å²) in [6.45, 7) is 2.51. The SMILES string of the molecule is CO[C@@H]1OC[C@]2(O)[C@H]3C[C@@]4(C(=O)O3)[C@H](C)[C@H](OC(=O)c3ccc(Br)cc3)[C@@H](OC(=O)c3ccc(Br)cc3)[C@]4(O)[C@]2(C)[C@H]1O. The summed E-state index contributed by atoms with van der Waals surface area (Å²) < 4.78 is 30.1. The topological polar surface area (TPSA) is 158 Å². The van der Waals surface area contributed by atoms with Crippen molar-refractivity contribution >= 4 is 49.8 Å². The van der Waals surface area contributed by atoms with E-state index in [0.717, 1.165) is 4.47 Å². The van der Waals surface area contributed by atoms with E-state index in [1.54, 1.807) is 31.2 Å². The number of carbonyl (C=O) groups excluding carboxylic acids is 3. The number of fused-ring (bicyclic) bond motifs is 4. The molecule has 2 aromatic rings. The van der Waals surface area contributed by atoms with Gasteiger partial charge in [-0.15, -0.1) is 0 Å². The van der Waals surface area contributed by atoms with Crippen molar-refractivity contribution in [3.63, 3.8) is 0 Å². The number of hydrogen-bond acceptors (Lipinski definition) is 11. The first-order valence-electron chi connectivity index (χ1n) is 13.7. The molecule has 11 nitrogen and oxygen atoms in total. The summed E-state index contributed by atoms with van der Waals surface area (Å²) in [5.74, 6) is -3.54. The number of rotatable bonds is 5. The highest BCUT2D eigenvalue weighted by Gasteiger charge is 2.91. The van der Waals surface area contributed by atoms with Crippen LogP contribution in [-0.4, -0.2) is 88.9 Å². The van der Waals surface area contributed by atoms with Gasteiger partial charge < -0.3 is 39.0 Å². The van der Waals surface area contributed by atoms with Gasteiger partial charge in [0.2, 0.25) is 0 Å². The van der Waals surface area contributed by atoms with Crippen molar-refractivity contribution in [2.45, 2.75) is 62.2 Å². The summed E-state index contributed by atoms with van der Waals surface area (Å²) in [7, 11) is 1.28. The van der Waals surface area contributed by atoms with E-state index in [-0.39, 0.29) is 17.5 Å². The Morgan fingerprint density at radius 2 is 1.49 bits per heavy atom. The summed E-state index contributed by atoms with van der Waals surface area (Å²) in [6, 6.07) is 12.6. The van der Waals surface area contributed by atoms with E-state index in [2.05, 4.69) is 31.9 Å². The summed E-state index contributed by atoms with van der Waals surface area (Å²) in [5.41, 5.74) is -8.29. The van der Waals surface area contributed by atoms with Crippen molar-refractivity contribution in [2.75, 3.05) is 13.7 Å². The van der Waals surface area contributed by atoms with Crippen LogP contribution in [0.5, 0.6) is 0 Å². The summed E-state index contributed by atoms with van der Waals surface area (Å²) >= 11 is 6.65. The van der Waals surface area contributed by atoms with Gasteiger partial charge in [0.05, 0.1) is 23.1 Å². The first-order valence-corrected chi connectivity index (χ1v) is 15.3. The second kappa shape index (κ2) is 10.3. The van der Waals surface area contributed by atoms with E-state index in [9.17, 15) is 29.7 Å². The number of ether oxygens (including phenoxy) is 5. The minimum absolute atomic E-state index is 0.115. The van der Waals surface area contributed by atoms with Gasteiger partial charge in [0.15, 0.2) is 12.4 Å². The van der Waals surface area contributed by atoms with Crippen molar-refractivity contribution in [1.82, 2.24) is 0 Å². The molecule has 13 heteroatoms. The third kappa shape index (κ3) is 3.92. The molecule has 0 amide bonds. The largest absolute Gasteiger partial charge is 0.459 e. The number of halogens is 2. The van der Waals surface area contributed by atoms with Gasteiger partial charge in [-0.2, -0.15) is 0 Å². The van der Waals surface area contributed by atoms with Gasteiger partial charge in [0.25, 0.3) is 0 Å². The zero-order valence-electron chi connectivity index (χ0n) is 23.4. The monoisotopic (exact) mass is 724 g/mol. The van der Waals surface area contributed by atoms with E-state index in [1.807, 2.05) is 0 Å². The molecule has 43 heavy (non-hydrogen) atoms. The predicted molar refractivity (Wildman–Crippen MR) is 154 cm³/mol. The van der Waals surface area contributed by atoms with Gasteiger partial charge in [-0.25, -0.2) is 9.59 Å². The minimum atomic E-state index is -2.53. The molecule has 2 aliphatic heterocycles. The molecule has 0 radical (unpaired) electrons. The third-order valence-corrected chi connectivity index (χ3v) is 11.2. The number of methoxy groups -OCH3 is 1. The van der Waals surface area contributed by atoms with Gasteiger partial charge in [-0.3, -0.25) is 4.79 Å². The van der Waals surface area contributed by atoms with Crippen molar-refractivity contribution in [3.8, 4) is 0 Å². The predicted octanol–water partition coefficient (Wildman–Crippen LogP) is 2.76. The van der Waals surface area contributed by atoms with Gasteiger partial charge in [-0.1, -0.05) is 45.7 Å². The molecule has 3 N–H and O–H groups in total. The Kier molecular flexibility index (Phi) is 7.36. The van der Waals surface area contributed by atoms with Gasteiger partial charge in [0, 0.05) is 28.4 Å². The first-order chi connectivity index (χ1) is 20.3. The van der Waals surface area contributed by atoms with E-state index < -0.39 is 83.2 Å². The highest BCUT2D eigenvalue weighted by Crippen LogP contribution is 2.73. The third-order valence-electron chi connectivity index (χ3n) is 10.2. The molecule has 0 unspecified atom stereocenters. The molecular formula is C30H30Br2O11. The quantitative estimate of drug-likeness (QED) is 0.308. The molecule has 1 spiro atoms. The average Bonchev–Trinajstić information content (AvgIpc) is 3.41. The molecule has 6 rings (SSSR count). The lowest BCUT2D eigenvalue weighted by Gasteiger charge is -2.64. The highest BCUT2D eigenvalue weighted by molar-refractivity contribution is 9.10. The van der Waals surface area contributed by atoms with Crippen molar-refractivity contribution in [1.29, 1.82) is 0 Å². The molecule has 2 bridgehead atoms. The van der Waals surface area contributed by atoms with Crippen LogP contribution in [0.3, 0.4) is 0 Å². The summed E-state index contributed by atoms with van der Waals surface area (Å²) in [5, 5.41) is 37.0. The van der Waals surface area contributed by atoms with Crippen LogP contribution < -0.4 is 0 Å². The Morgan fingerprint density at radius 3 is 2.02 bits per heavy atom. The fourth-order valence-corrected chi connectivity index (χ4v) is 8.29. The Bertz CT molecular complexity index is 1470. The fraction of sp³-hybridized carbons (Fsp3) is 0.500. The minimum Gasteiger partial charge on any atom is -0.459 e. The highest BCUT2D eigenvalue weighted by atomic mass is 79.9. The second-order valence-electron chi connectivity index (χ2n) is 11.8. The zero-order chi connectivity index (χ0) is 31.1. The van der Waals surface area contributed by atoms with E-state index in [1.165, 1.54) is 38.3 Å². The molecule has 2 aromatic carbocycles. The summed E-state index contributed by atoms with van der Waals surface area (Å²) in [4.78, 5) is 41.0. The number of aliphatic hydroxyl groups is 3. The molecule has 2 heterocycles. The van der Waals surface area contributed by atoms with Gasteiger partial charge in [0.1, 0.15) is 34.9 Å². The van der Waals surface area contributed by atoms with Crippen LogP contribution in [0.1, 0.15) is 41.0 Å². The Balaban J connectivity index is 1.52. The van der Waals surface area contributed by atoms with Crippen LogP contribution in [0.4, 0.5) is 0 Å². The number of aliphatic hydroxyl groups excluding tert-OH is 1. The molecule has 2 aliphatic carbocycles. The van der Waals surface area contributed by atoms with Crippen LogP contribution in [0.15, 0.2) is 57.5 Å². The molecule has 10 atom stereocenters. The number of carbonyl (C=O) groups is 3. The standard InChI is InChI=1S/C30H30Br2O11/c1-14-20(42-23(34)15-4-8-17(31)9-5-15)22(43-24(35)16-6-10-18(32)11-7-16)30(38)27(2)21(33)25(39-3)40-13-29(27,37)19-12-28(14,30)26(36)41-19/h4-11,14,19-22,25,33,37-38H,12-13H2,1-3H3/t14-,19-,20+,21+,22-,25-,27-,28+,29+,30+/m1/s1. The van der Waals surface area contributed by atoms with Crippen molar-refractivity contribution in [3.05, 3.63) is 68.6 Å². The fourth-order valence-electron chi connectivity index (χ4n) is 7.76. The molecule has 2 saturated carbocycles. The maximum atomic E-state index is 13.9. The van der Waals surface area contributed by atoms with Crippen molar-refractivity contribution < 1.29 is 53.4 Å². The van der Waals surface area contributed by atoms with Gasteiger partial charge >= 0.3 is 17.9 Å². The normalized spacial score (nSPS) is 41.2. The average molecular weight is 726 g/mol. The van der Waals surface area contributed by atoms with E-state index in [4.69, 9.17) is 23.7 Å². The Labute approximate surface area is 263 Å². The number of hydrogen-bond donors (Lipinski definition) is 3. The van der Waals surface area contributed by atoms with Crippen molar-refractivity contribution in [2.24, 2.45) is 16.7 Å². The van der Waals surface area contributed by atoms with Crippen LogP contribution >= 0.6 is 31.9 Å². The Hall–Kier alpha value is -2.39. The lowest BCUT2D eigenvalue weighted by atomic mass is 9.44. The smallest absolute Gasteiger partial charge is 0.338 e. The molecule has 230 valence electrons. The molecular weight excluding hydrogens is 696 g/mol. The summed E-state index contributed by atoms with van der Waals surface area (Å²) in [6.07, 6.45) is -7.60. The van der Waals surface area contributed by atoms with E-state index >= 15 is 0 Å². The zero-order valence-corrected chi connectivity index (χ0v) is 26.5. The maximum absolute atomic E-state index is 13.9. The van der Waals surface area contributed by atoms with Crippen LogP contribution in [0, 0.1) is 16.7 Å².